The summed E-state index contributed by atoms with van der Waals surface area (Å²) in [4.78, 5) is 15.7. The molecule has 1 fully saturated rings. The third-order valence-electron chi connectivity index (χ3n) is 3.32. The molecule has 1 saturated heterocycles. The number of hydrogen-bond donors (Lipinski definition) is 3. The monoisotopic (exact) mass is 360 g/mol. The van der Waals surface area contributed by atoms with Crippen LogP contribution in [0.15, 0.2) is 12.3 Å². The van der Waals surface area contributed by atoms with Gasteiger partial charge in [0.05, 0.1) is 5.02 Å². The summed E-state index contributed by atoms with van der Waals surface area (Å²) in [5.41, 5.74) is 0.140. The van der Waals surface area contributed by atoms with Crippen molar-refractivity contribution in [2.75, 3.05) is 32.7 Å². The van der Waals surface area contributed by atoms with Crippen molar-refractivity contribution in [1.29, 1.82) is 0 Å². The number of nitrogens with one attached hydrogen (secondary N) is 3. The van der Waals surface area contributed by atoms with E-state index < -0.39 is 24.7 Å². The fraction of sp³-hybridized carbons (Fsp3) is 0.583. The Bertz CT molecular complexity index is 489. The molecule has 3 N–H and O–H groups in total. The van der Waals surface area contributed by atoms with E-state index in [1.165, 1.54) is 17.2 Å². The highest BCUT2D eigenvalue weighted by atomic mass is 35.5. The molecule has 0 bridgehead atoms. The van der Waals surface area contributed by atoms with Crippen molar-refractivity contribution in [3.63, 3.8) is 0 Å². The minimum absolute atomic E-state index is 0. The second-order valence-electron chi connectivity index (χ2n) is 4.78. The molecule has 1 aliphatic heterocycles. The maximum atomic E-state index is 13.1. The van der Waals surface area contributed by atoms with Gasteiger partial charge in [0.15, 0.2) is 0 Å². The van der Waals surface area contributed by atoms with E-state index in [0.29, 0.717) is 31.2 Å². The summed E-state index contributed by atoms with van der Waals surface area (Å²) < 4.78 is 39.4. The highest BCUT2D eigenvalue weighted by Gasteiger charge is 2.43. The van der Waals surface area contributed by atoms with E-state index in [2.05, 4.69) is 15.6 Å². The van der Waals surface area contributed by atoms with Gasteiger partial charge in [-0.3, -0.25) is 9.69 Å². The molecular weight excluding hydrogens is 344 g/mol. The van der Waals surface area contributed by atoms with Crippen LogP contribution >= 0.6 is 24.0 Å². The number of nitrogens with zero attached hydrogens (tertiary/aromatic N) is 1. The first kappa shape index (κ1) is 19.1. The second-order valence-corrected chi connectivity index (χ2v) is 5.22. The van der Waals surface area contributed by atoms with Gasteiger partial charge in [-0.2, -0.15) is 13.2 Å². The lowest BCUT2D eigenvalue weighted by atomic mass is 10.2. The average Bonchev–Trinajstić information content (AvgIpc) is 2.85. The van der Waals surface area contributed by atoms with Crippen LogP contribution in [0.1, 0.15) is 10.5 Å². The number of H-pyrrole nitrogens is 1. The Hall–Kier alpha value is -0.960. The molecule has 1 unspecified atom stereocenters. The first-order valence-electron chi connectivity index (χ1n) is 6.51. The Kier molecular flexibility index (Phi) is 6.98. The predicted molar refractivity (Wildman–Crippen MR) is 79.7 cm³/mol. The number of halogens is 5. The second kappa shape index (κ2) is 8.05. The molecule has 0 spiro atoms. The molecule has 1 aliphatic rings. The topological polar surface area (TPSA) is 60.2 Å². The molecule has 126 valence electrons. The van der Waals surface area contributed by atoms with Gasteiger partial charge in [0, 0.05) is 38.9 Å². The highest BCUT2D eigenvalue weighted by molar-refractivity contribution is 6.30. The van der Waals surface area contributed by atoms with Gasteiger partial charge < -0.3 is 15.6 Å². The van der Waals surface area contributed by atoms with Gasteiger partial charge >= 0.3 is 6.18 Å². The lowest BCUT2D eigenvalue weighted by Gasteiger charge is -2.35. The molecule has 0 radical (unpaired) electrons. The lowest BCUT2D eigenvalue weighted by Crippen LogP contribution is -2.57. The van der Waals surface area contributed by atoms with Crippen LogP contribution in [0.4, 0.5) is 13.2 Å². The summed E-state index contributed by atoms with van der Waals surface area (Å²) >= 11 is 5.66. The fourth-order valence-corrected chi connectivity index (χ4v) is 2.39. The summed E-state index contributed by atoms with van der Waals surface area (Å²) in [7, 11) is 0. The number of aromatic amines is 1. The molecule has 0 saturated carbocycles. The molecule has 2 heterocycles. The quantitative estimate of drug-likeness (QED) is 0.765. The van der Waals surface area contributed by atoms with Crippen molar-refractivity contribution in [2.24, 2.45) is 0 Å². The Labute approximate surface area is 137 Å². The minimum atomic E-state index is -4.39. The Morgan fingerprint density at radius 3 is 2.55 bits per heavy atom. The van der Waals surface area contributed by atoms with E-state index in [4.69, 9.17) is 11.6 Å². The third-order valence-corrected chi connectivity index (χ3v) is 3.54. The molecule has 22 heavy (non-hydrogen) atoms. The predicted octanol–water partition coefficient (Wildman–Crippen LogP) is 1.66. The van der Waals surface area contributed by atoms with Gasteiger partial charge in [0.2, 0.25) is 0 Å². The summed E-state index contributed by atoms with van der Waals surface area (Å²) in [6.45, 7) is 1.13. The molecule has 2 rings (SSSR count). The third kappa shape index (κ3) is 5.05. The Morgan fingerprint density at radius 1 is 1.41 bits per heavy atom. The van der Waals surface area contributed by atoms with E-state index >= 15 is 0 Å². The van der Waals surface area contributed by atoms with Crippen LogP contribution in [-0.4, -0.2) is 60.7 Å². The van der Waals surface area contributed by atoms with Gasteiger partial charge in [-0.05, 0) is 6.07 Å². The van der Waals surface area contributed by atoms with Crippen LogP contribution in [0, 0.1) is 0 Å². The van der Waals surface area contributed by atoms with Gasteiger partial charge in [0.1, 0.15) is 11.7 Å². The summed E-state index contributed by atoms with van der Waals surface area (Å²) in [6.07, 6.45) is -2.99. The average molecular weight is 361 g/mol. The maximum absolute atomic E-state index is 13.1. The van der Waals surface area contributed by atoms with Crippen molar-refractivity contribution >= 4 is 29.9 Å². The summed E-state index contributed by atoms with van der Waals surface area (Å²) in [5.74, 6) is -0.605. The zero-order valence-corrected chi connectivity index (χ0v) is 13.1. The van der Waals surface area contributed by atoms with E-state index in [1.807, 2.05) is 0 Å². The number of amides is 1. The molecule has 5 nitrogen and oxygen atoms in total. The number of alkyl halides is 3. The Morgan fingerprint density at radius 2 is 2.05 bits per heavy atom. The molecule has 1 aromatic rings. The molecule has 0 aromatic carbocycles. The number of rotatable bonds is 4. The van der Waals surface area contributed by atoms with Crippen LogP contribution in [0.5, 0.6) is 0 Å². The van der Waals surface area contributed by atoms with Crippen molar-refractivity contribution in [1.82, 2.24) is 20.5 Å². The van der Waals surface area contributed by atoms with Crippen LogP contribution in [0.3, 0.4) is 0 Å². The lowest BCUT2D eigenvalue weighted by molar-refractivity contribution is -0.183. The molecular formula is C12H17Cl2F3N4O. The van der Waals surface area contributed by atoms with Gasteiger partial charge in [-0.15, -0.1) is 12.4 Å². The fourth-order valence-electron chi connectivity index (χ4n) is 2.23. The van der Waals surface area contributed by atoms with Gasteiger partial charge in [-0.25, -0.2) is 0 Å². The molecule has 10 heteroatoms. The van der Waals surface area contributed by atoms with Crippen LogP contribution in [0.2, 0.25) is 5.02 Å². The van der Waals surface area contributed by atoms with Gasteiger partial charge in [0.25, 0.3) is 5.91 Å². The van der Waals surface area contributed by atoms with E-state index in [9.17, 15) is 18.0 Å². The van der Waals surface area contributed by atoms with E-state index in [1.54, 1.807) is 0 Å². The van der Waals surface area contributed by atoms with Crippen molar-refractivity contribution in [3.05, 3.63) is 23.0 Å². The highest BCUT2D eigenvalue weighted by Crippen LogP contribution is 2.24. The Balaban J connectivity index is 0.00000242. The van der Waals surface area contributed by atoms with Gasteiger partial charge in [-0.1, -0.05) is 11.6 Å². The van der Waals surface area contributed by atoms with E-state index in [-0.39, 0.29) is 18.1 Å². The number of aromatic nitrogens is 1. The first-order chi connectivity index (χ1) is 9.88. The molecule has 1 amide bonds. The SMILES string of the molecule is Cl.O=C(NCC(N1CCNCC1)C(F)(F)F)c1cc(Cl)c[nH]1. The maximum Gasteiger partial charge on any atom is 0.405 e. The van der Waals surface area contributed by atoms with Crippen LogP contribution in [-0.2, 0) is 0 Å². The molecule has 1 aromatic heterocycles. The van der Waals surface area contributed by atoms with Crippen molar-refractivity contribution in [3.8, 4) is 0 Å². The largest absolute Gasteiger partial charge is 0.405 e. The standard InChI is InChI=1S/C12H16ClF3N4O.ClH/c13-8-5-9(18-6-8)11(21)19-7-10(12(14,15)16)20-3-1-17-2-4-20;/h5-6,10,17-18H,1-4,7H2,(H,19,21);1H. The van der Waals surface area contributed by atoms with Crippen molar-refractivity contribution in [2.45, 2.75) is 12.2 Å². The first-order valence-corrected chi connectivity index (χ1v) is 6.89. The van der Waals surface area contributed by atoms with Crippen LogP contribution in [0.25, 0.3) is 0 Å². The number of carbonyl (C=O) groups is 1. The minimum Gasteiger partial charge on any atom is -0.356 e. The molecule has 1 atom stereocenters. The summed E-state index contributed by atoms with van der Waals surface area (Å²) in [6, 6.07) is -0.321. The van der Waals surface area contributed by atoms with E-state index in [0.717, 1.165) is 0 Å². The molecule has 0 aliphatic carbocycles. The smallest absolute Gasteiger partial charge is 0.356 e. The zero-order chi connectivity index (χ0) is 15.5. The zero-order valence-electron chi connectivity index (χ0n) is 11.5. The number of hydrogen-bond acceptors (Lipinski definition) is 3. The summed E-state index contributed by atoms with van der Waals surface area (Å²) in [5, 5.41) is 5.63. The number of piperazine rings is 1. The number of carbonyl (C=O) groups excluding carboxylic acids is 1. The van der Waals surface area contributed by atoms with Crippen molar-refractivity contribution < 1.29 is 18.0 Å². The van der Waals surface area contributed by atoms with Crippen LogP contribution < -0.4 is 10.6 Å². The normalized spacial score (nSPS) is 17.6.